The molecular formula is C86H68BrCl9F4N12O23S4. The van der Waals surface area contributed by atoms with E-state index in [0.29, 0.717) is 57.5 Å². The number of ether oxygens (including phenoxy) is 4. The Morgan fingerprint density at radius 3 is 1.13 bits per heavy atom. The maximum atomic E-state index is 14.8. The van der Waals surface area contributed by atoms with E-state index >= 15 is 0 Å². The molecule has 0 spiro atoms. The average molecular weight is 2240 g/mol. The number of anilines is 4. The van der Waals surface area contributed by atoms with E-state index in [1.165, 1.54) is 162 Å². The zero-order chi connectivity index (χ0) is 101. The highest BCUT2D eigenvalue weighted by atomic mass is 79.9. The number of aliphatic hydroxyl groups is 2. The fourth-order valence-corrected chi connectivity index (χ4v) is 20.3. The molecule has 732 valence electrons. The number of aromatic nitrogens is 8. The van der Waals surface area contributed by atoms with Crippen molar-refractivity contribution >= 4 is 234 Å². The van der Waals surface area contributed by atoms with Crippen molar-refractivity contribution in [2.45, 2.75) is 59.5 Å². The van der Waals surface area contributed by atoms with E-state index < -0.39 is 140 Å². The van der Waals surface area contributed by atoms with Crippen LogP contribution in [0.15, 0.2) is 231 Å². The van der Waals surface area contributed by atoms with Crippen molar-refractivity contribution in [1.29, 1.82) is 0 Å². The quantitative estimate of drug-likeness (QED) is 0.0121. The molecule has 2 atom stereocenters. The average Bonchev–Trinajstić information content (AvgIpc) is 1.72. The molecule has 0 aliphatic carbocycles. The Hall–Kier alpha value is -11.5. The number of benzene rings is 8. The maximum Gasteiger partial charge on any atom is 0.417 e. The number of methoxy groups -OCH3 is 4. The smallest absolute Gasteiger partial charge is 0.417 e. The van der Waals surface area contributed by atoms with E-state index in [4.69, 9.17) is 129 Å². The minimum atomic E-state index is -4.29. The van der Waals surface area contributed by atoms with Gasteiger partial charge in [-0.2, -0.15) is 0 Å². The topological polar surface area (TPSA) is 488 Å². The van der Waals surface area contributed by atoms with Gasteiger partial charge in [0.15, 0.2) is 28.3 Å². The summed E-state index contributed by atoms with van der Waals surface area (Å²) < 4.78 is 208. The number of ketones is 1. The van der Waals surface area contributed by atoms with Gasteiger partial charge in [0.2, 0.25) is 11.4 Å². The number of sulfonamides is 4. The van der Waals surface area contributed by atoms with Crippen molar-refractivity contribution in [3.05, 3.63) is 337 Å². The number of hydrogen-bond donors (Lipinski definition) is 7. The molecule has 0 aliphatic rings. The van der Waals surface area contributed by atoms with Gasteiger partial charge >= 0.3 is 23.0 Å². The molecule has 8 aromatic carbocycles. The third kappa shape index (κ3) is 23.9. The first-order valence-corrected chi connectivity index (χ1v) is 48.4. The number of aromatic amines is 4. The van der Waals surface area contributed by atoms with Crippen LogP contribution in [0.5, 0.6) is 5.75 Å². The molecule has 8 aromatic heterocycles. The number of nitrogens with one attached hydrogen (secondary N) is 5. The van der Waals surface area contributed by atoms with Crippen LogP contribution in [0.1, 0.15) is 73.0 Å². The maximum absolute atomic E-state index is 14.8. The predicted octanol–water partition coefficient (Wildman–Crippen LogP) is 18.6. The Labute approximate surface area is 838 Å². The SMILES string of the molecule is COCN(c1cc(Cl)cnc1Br)S(=O)(=O)c1ccc(Cl)c(C)c1.COCN(c1cc(Cl)cnc1C(O)c1c(F)ccc2[nH]c(=O)oc12)S(=O)(=O)c1ccc(Cl)c(C)c1.COCN(c1cc(Cl)cnc1C(O)c1c(F)ccc2[nH]c(=O)oc12)S(=O)(=O)c1ccc(Cl)c(C)c1.COc1c(F)ccc2[nH]c(=O)oc12.Cc1cc(S(=O)(=O)Nc2cc(Cl)cnc2C(=O)c2c(F)ccc3[nH]c(=O)oc23)ccc1Cl.Cl. The number of carbonyl (C=O) groups is 1. The van der Waals surface area contributed by atoms with E-state index in [9.17, 15) is 85.4 Å². The van der Waals surface area contributed by atoms with Crippen LogP contribution >= 0.6 is 121 Å². The Bertz CT molecular complexity index is 7950. The third-order valence-corrected chi connectivity index (χ3v) is 29.3. The summed E-state index contributed by atoms with van der Waals surface area (Å²) in [6.07, 6.45) is 1.17. The molecule has 16 rings (SSSR count). The zero-order valence-corrected chi connectivity index (χ0v) is 83.7. The molecule has 7 N–H and O–H groups in total. The standard InChI is InChI=1S/2C22H18Cl2FN3O6S.C20H12Cl2FN3O5S.C14H13BrCl2N2O3S.C8H6FNO3.ClH/c2*1-11-7-13(3-4-14(11)24)35(31,32)28(10-33-2)17-8-12(23)9-26-19(17)20(29)18-15(25)5-6-16-21(18)34-22(30)27-16;1-9-6-11(2-3-12(9)22)32(29,30)26-15-7-10(21)8-24-17(15)18(27)16-13(23)4-5-14-19(16)31-20(28)25-14;1-9-5-11(3-4-12(9)17)23(20,21)19(8-22-2)13-6-10(16)7-18-14(13)15;1-12-6-4(9)2-3-5-7(6)13-8(11)10-5;/h2*3-9,20,29H,10H2,1-2H3,(H,27,30);2-8,26H,1H3,(H,25,28);3-7H,8H2,1-2H3;2-3H,1H3,(H,10,11);1H. The van der Waals surface area contributed by atoms with Crippen molar-refractivity contribution in [3.8, 4) is 5.75 Å². The molecule has 0 saturated carbocycles. The highest BCUT2D eigenvalue weighted by Gasteiger charge is 2.37. The molecule has 16 aromatic rings. The summed E-state index contributed by atoms with van der Waals surface area (Å²) >= 11 is 51.4. The molecule has 0 bridgehead atoms. The molecular weight excluding hydrogens is 2170 g/mol. The predicted molar refractivity (Wildman–Crippen MR) is 517 cm³/mol. The number of pyridine rings is 4. The first kappa shape index (κ1) is 108. The molecule has 0 radical (unpaired) electrons. The largest absolute Gasteiger partial charge is 0.490 e. The van der Waals surface area contributed by atoms with Crippen LogP contribution in [0.2, 0.25) is 40.2 Å². The summed E-state index contributed by atoms with van der Waals surface area (Å²) in [4.78, 5) is 84.2. The molecule has 8 heterocycles. The van der Waals surface area contributed by atoms with Gasteiger partial charge in [-0.15, -0.1) is 12.4 Å². The van der Waals surface area contributed by atoms with E-state index in [1.54, 1.807) is 33.8 Å². The highest BCUT2D eigenvalue weighted by Crippen LogP contribution is 2.42. The van der Waals surface area contributed by atoms with Gasteiger partial charge in [-0.05, 0) is 211 Å². The van der Waals surface area contributed by atoms with E-state index in [0.717, 1.165) is 43.4 Å². The normalized spacial score (nSPS) is 12.0. The van der Waals surface area contributed by atoms with Crippen LogP contribution < -0.4 is 45.4 Å². The molecule has 0 aliphatic heterocycles. The van der Waals surface area contributed by atoms with Gasteiger partial charge in [-0.25, -0.2) is 93.3 Å². The van der Waals surface area contributed by atoms with Gasteiger partial charge < -0.3 is 46.8 Å². The first-order chi connectivity index (χ1) is 65.1. The number of oxazole rings is 4. The number of aliphatic hydroxyl groups excluding tert-OH is 2. The zero-order valence-electron chi connectivity index (χ0n) is 72.0. The fraction of sp³-hybridized carbons (Fsp3) is 0.151. The molecule has 35 nitrogen and oxygen atoms in total. The van der Waals surface area contributed by atoms with Gasteiger partial charge in [0, 0.05) is 66.2 Å². The van der Waals surface area contributed by atoms with E-state index in [1.807, 2.05) is 0 Å². The summed E-state index contributed by atoms with van der Waals surface area (Å²) in [5, 5.41) is 24.4. The summed E-state index contributed by atoms with van der Waals surface area (Å²) in [7, 11) is -11.4. The van der Waals surface area contributed by atoms with Gasteiger partial charge in [0.25, 0.3) is 40.1 Å². The Morgan fingerprint density at radius 2 is 0.741 bits per heavy atom. The minimum absolute atomic E-state index is 0. The lowest BCUT2D eigenvalue weighted by Gasteiger charge is -2.27. The molecule has 0 fully saturated rings. The molecule has 2 unspecified atom stereocenters. The lowest BCUT2D eigenvalue weighted by molar-refractivity contribution is 0.103. The van der Waals surface area contributed by atoms with Gasteiger partial charge in [-0.3, -0.25) is 39.4 Å². The molecule has 0 saturated heterocycles. The summed E-state index contributed by atoms with van der Waals surface area (Å²) in [5.74, 6) is -7.64. The lowest BCUT2D eigenvalue weighted by atomic mass is 10.0. The number of fused-ring (bicyclic) bond motifs is 4. The van der Waals surface area contributed by atoms with Crippen molar-refractivity contribution in [2.24, 2.45) is 0 Å². The van der Waals surface area contributed by atoms with E-state index in [-0.39, 0.29) is 133 Å². The second kappa shape index (κ2) is 45.0. The van der Waals surface area contributed by atoms with Crippen LogP contribution in [0.25, 0.3) is 44.4 Å². The third-order valence-electron chi connectivity index (χ3n) is 19.6. The van der Waals surface area contributed by atoms with Crippen molar-refractivity contribution in [3.63, 3.8) is 0 Å². The minimum Gasteiger partial charge on any atom is -0.490 e. The van der Waals surface area contributed by atoms with Crippen molar-refractivity contribution in [2.75, 3.05) is 66.3 Å². The second-order valence-corrected chi connectivity index (χ2v) is 40.2. The fourth-order valence-electron chi connectivity index (χ4n) is 13.1. The number of rotatable bonds is 25. The van der Waals surface area contributed by atoms with Crippen molar-refractivity contribution < 1.29 is 103 Å². The summed E-state index contributed by atoms with van der Waals surface area (Å²) in [6.45, 7) is 5.49. The Morgan fingerprint density at radius 1 is 0.424 bits per heavy atom. The number of carbonyl (C=O) groups excluding carboxylic acids is 1. The van der Waals surface area contributed by atoms with Gasteiger partial charge in [0.05, 0.1) is 114 Å². The highest BCUT2D eigenvalue weighted by molar-refractivity contribution is 9.10. The van der Waals surface area contributed by atoms with Gasteiger partial charge in [0.1, 0.15) is 65.7 Å². The van der Waals surface area contributed by atoms with Crippen LogP contribution in [0, 0.1) is 51.0 Å². The molecule has 0 amide bonds. The number of hydrogen-bond acceptors (Lipinski definition) is 27. The second-order valence-electron chi connectivity index (χ2n) is 28.8. The van der Waals surface area contributed by atoms with E-state index in [2.05, 4.69) is 60.5 Å². The summed E-state index contributed by atoms with van der Waals surface area (Å²) in [6, 6.07) is 31.4. The number of H-pyrrole nitrogens is 4. The number of nitrogens with zero attached hydrogens (tertiary/aromatic N) is 7. The first-order valence-electron chi connectivity index (χ1n) is 38.7. The Kier molecular flexibility index (Phi) is 34.9. The molecule has 139 heavy (non-hydrogen) atoms. The lowest BCUT2D eigenvalue weighted by Crippen LogP contribution is -2.34. The monoisotopic (exact) mass is 2230 g/mol. The van der Waals surface area contributed by atoms with Crippen LogP contribution in [0.3, 0.4) is 0 Å². The number of aryl methyl sites for hydroxylation is 4. The number of halogens is 14. The van der Waals surface area contributed by atoms with Crippen LogP contribution in [-0.4, -0.2) is 138 Å². The summed E-state index contributed by atoms with van der Waals surface area (Å²) in [5.41, 5.74) is -0.415. The van der Waals surface area contributed by atoms with Crippen molar-refractivity contribution in [1.82, 2.24) is 39.9 Å². The van der Waals surface area contributed by atoms with Crippen LogP contribution in [-0.2, 0) is 54.3 Å². The Balaban J connectivity index is 0.000000171. The molecule has 53 heteroatoms. The van der Waals surface area contributed by atoms with Crippen LogP contribution in [0.4, 0.5) is 40.3 Å². The van der Waals surface area contributed by atoms with Gasteiger partial charge in [-0.1, -0.05) is 92.8 Å².